The molecule has 0 aliphatic carbocycles. The molecule has 0 heterocycles. The van der Waals surface area contributed by atoms with Crippen LogP contribution in [0.2, 0.25) is 0 Å². The number of hydrogen-bond donors (Lipinski definition) is 2. The van der Waals surface area contributed by atoms with Gasteiger partial charge in [-0.25, -0.2) is 26.7 Å². The molecule has 2 N–H and O–H groups in total. The van der Waals surface area contributed by atoms with Gasteiger partial charge in [-0.2, -0.15) is 0 Å². The number of benzene rings is 1. The number of amides is 1. The number of esters is 1. The van der Waals surface area contributed by atoms with Crippen molar-refractivity contribution in [2.24, 2.45) is 0 Å². The Hall–Kier alpha value is -2.07. The zero-order chi connectivity index (χ0) is 19.0. The Morgan fingerprint density at radius 1 is 1.28 bits per heavy atom. The third-order valence-corrected chi connectivity index (χ3v) is 4.71. The summed E-state index contributed by atoms with van der Waals surface area (Å²) in [5.41, 5.74) is 0. The van der Waals surface area contributed by atoms with Crippen molar-refractivity contribution in [1.82, 2.24) is 10.0 Å². The molecule has 0 spiro atoms. The van der Waals surface area contributed by atoms with Gasteiger partial charge in [0.2, 0.25) is 15.9 Å². The number of unbranched alkanes of at least 4 members (excludes halogenated alkanes) is 1. The number of rotatable bonds is 9. The number of nitrogens with one attached hydrogen (secondary N) is 2. The number of halogens is 2. The molecule has 1 rings (SSSR count). The Bertz CT molecular complexity index is 725. The van der Waals surface area contributed by atoms with Crippen LogP contribution in [0.4, 0.5) is 8.78 Å². The first-order valence-electron chi connectivity index (χ1n) is 7.53. The van der Waals surface area contributed by atoms with Gasteiger partial charge in [-0.1, -0.05) is 19.8 Å². The van der Waals surface area contributed by atoms with Crippen molar-refractivity contribution in [2.75, 3.05) is 13.7 Å². The summed E-state index contributed by atoms with van der Waals surface area (Å²) in [5.74, 6) is -3.62. The molecule has 0 radical (unpaired) electrons. The fourth-order valence-corrected chi connectivity index (χ4v) is 3.02. The lowest BCUT2D eigenvalue weighted by Gasteiger charge is -2.16. The molecule has 0 saturated carbocycles. The summed E-state index contributed by atoms with van der Waals surface area (Å²) in [6.45, 7) is 1.19. The van der Waals surface area contributed by atoms with E-state index in [0.29, 0.717) is 18.9 Å². The highest BCUT2D eigenvalue weighted by Gasteiger charge is 2.23. The van der Waals surface area contributed by atoms with Crippen LogP contribution in [0, 0.1) is 11.6 Å². The molecule has 1 aromatic carbocycles. The standard InChI is InChI=1S/C15H20F2N2O5S/c1-3-4-5-12(15(21)24-2)19-14(20)9-18-25(22,23)13-7-6-10(16)8-11(13)17/h6-8,12,18H,3-5,9H2,1-2H3,(H,19,20). The molecule has 10 heteroatoms. The molecule has 1 amide bonds. The van der Waals surface area contributed by atoms with E-state index in [1.807, 2.05) is 11.6 Å². The van der Waals surface area contributed by atoms with Gasteiger partial charge in [0.1, 0.15) is 22.6 Å². The molecule has 1 atom stereocenters. The van der Waals surface area contributed by atoms with Crippen molar-refractivity contribution >= 4 is 21.9 Å². The number of carbonyl (C=O) groups is 2. The lowest BCUT2D eigenvalue weighted by atomic mass is 10.1. The minimum atomic E-state index is -4.35. The van der Waals surface area contributed by atoms with E-state index in [2.05, 4.69) is 10.1 Å². The highest BCUT2D eigenvalue weighted by molar-refractivity contribution is 7.89. The van der Waals surface area contributed by atoms with Crippen LogP contribution in [0.3, 0.4) is 0 Å². The van der Waals surface area contributed by atoms with Crippen LogP contribution >= 0.6 is 0 Å². The van der Waals surface area contributed by atoms with Gasteiger partial charge in [-0.05, 0) is 18.6 Å². The number of carbonyl (C=O) groups excluding carboxylic acids is 2. The predicted molar refractivity (Wildman–Crippen MR) is 85.0 cm³/mol. The lowest BCUT2D eigenvalue weighted by molar-refractivity contribution is -0.145. The maximum atomic E-state index is 13.6. The highest BCUT2D eigenvalue weighted by Crippen LogP contribution is 2.15. The fourth-order valence-electron chi connectivity index (χ4n) is 1.98. The molecule has 1 aromatic rings. The monoisotopic (exact) mass is 378 g/mol. The van der Waals surface area contributed by atoms with E-state index < -0.39 is 51.0 Å². The van der Waals surface area contributed by atoms with Gasteiger partial charge >= 0.3 is 5.97 Å². The minimum absolute atomic E-state index is 0.342. The highest BCUT2D eigenvalue weighted by atomic mass is 32.2. The second-order valence-electron chi connectivity index (χ2n) is 5.18. The maximum absolute atomic E-state index is 13.6. The quantitative estimate of drug-likeness (QED) is 0.627. The Balaban J connectivity index is 2.71. The Labute approximate surface area is 144 Å². The number of sulfonamides is 1. The Morgan fingerprint density at radius 3 is 2.52 bits per heavy atom. The summed E-state index contributed by atoms with van der Waals surface area (Å²) in [7, 11) is -3.18. The van der Waals surface area contributed by atoms with Crippen molar-refractivity contribution in [3.05, 3.63) is 29.8 Å². The molecule has 140 valence electrons. The molecule has 25 heavy (non-hydrogen) atoms. The SMILES string of the molecule is CCCCC(NC(=O)CNS(=O)(=O)c1ccc(F)cc1F)C(=O)OC. The molecular weight excluding hydrogens is 358 g/mol. The maximum Gasteiger partial charge on any atom is 0.328 e. The van der Waals surface area contributed by atoms with Gasteiger partial charge in [-0.15, -0.1) is 0 Å². The van der Waals surface area contributed by atoms with Crippen LogP contribution in [0.25, 0.3) is 0 Å². The molecular formula is C15H20F2N2O5S. The van der Waals surface area contributed by atoms with Crippen LogP contribution < -0.4 is 10.0 Å². The molecule has 1 unspecified atom stereocenters. The van der Waals surface area contributed by atoms with Crippen LogP contribution in [-0.2, 0) is 24.3 Å². The summed E-state index contributed by atoms with van der Waals surface area (Å²) < 4.78 is 56.8. The molecule has 0 aromatic heterocycles. The van der Waals surface area contributed by atoms with Crippen LogP contribution in [-0.4, -0.2) is 40.0 Å². The minimum Gasteiger partial charge on any atom is -0.467 e. The van der Waals surface area contributed by atoms with Crippen LogP contribution in [0.5, 0.6) is 0 Å². The Morgan fingerprint density at radius 2 is 1.96 bits per heavy atom. The zero-order valence-corrected chi connectivity index (χ0v) is 14.7. The van der Waals surface area contributed by atoms with E-state index in [-0.39, 0.29) is 0 Å². The number of hydrogen-bond acceptors (Lipinski definition) is 5. The third kappa shape index (κ3) is 6.39. The topological polar surface area (TPSA) is 102 Å². The summed E-state index contributed by atoms with van der Waals surface area (Å²) in [4.78, 5) is 22.7. The molecule has 0 fully saturated rings. The summed E-state index contributed by atoms with van der Waals surface area (Å²) >= 11 is 0. The van der Waals surface area contributed by atoms with Crippen LogP contribution in [0.15, 0.2) is 23.1 Å². The number of ether oxygens (including phenoxy) is 1. The van der Waals surface area contributed by atoms with E-state index in [1.54, 1.807) is 0 Å². The molecule has 0 bridgehead atoms. The van der Waals surface area contributed by atoms with E-state index in [0.717, 1.165) is 18.6 Å². The average Bonchev–Trinajstić information content (AvgIpc) is 2.55. The average molecular weight is 378 g/mol. The van der Waals surface area contributed by atoms with E-state index in [9.17, 15) is 26.8 Å². The van der Waals surface area contributed by atoms with E-state index in [4.69, 9.17) is 0 Å². The van der Waals surface area contributed by atoms with E-state index in [1.165, 1.54) is 7.11 Å². The lowest BCUT2D eigenvalue weighted by Crippen LogP contribution is -2.46. The van der Waals surface area contributed by atoms with Crippen molar-refractivity contribution in [2.45, 2.75) is 37.1 Å². The molecule has 0 aliphatic heterocycles. The van der Waals surface area contributed by atoms with Gasteiger partial charge in [0.05, 0.1) is 13.7 Å². The number of methoxy groups -OCH3 is 1. The summed E-state index contributed by atoms with van der Waals surface area (Å²) in [6, 6.07) is 1.07. The molecule has 0 saturated heterocycles. The van der Waals surface area contributed by atoms with Crippen LogP contribution in [0.1, 0.15) is 26.2 Å². The van der Waals surface area contributed by atoms with Gasteiger partial charge < -0.3 is 10.1 Å². The van der Waals surface area contributed by atoms with Gasteiger partial charge in [0, 0.05) is 6.07 Å². The van der Waals surface area contributed by atoms with Crippen molar-refractivity contribution in [3.8, 4) is 0 Å². The first-order chi connectivity index (χ1) is 11.7. The first-order valence-corrected chi connectivity index (χ1v) is 9.01. The zero-order valence-electron chi connectivity index (χ0n) is 13.8. The van der Waals surface area contributed by atoms with E-state index >= 15 is 0 Å². The summed E-state index contributed by atoms with van der Waals surface area (Å²) in [5, 5.41) is 2.36. The third-order valence-electron chi connectivity index (χ3n) is 3.27. The second kappa shape index (κ2) is 9.42. The fraction of sp³-hybridized carbons (Fsp3) is 0.467. The van der Waals surface area contributed by atoms with Crippen molar-refractivity contribution in [1.29, 1.82) is 0 Å². The van der Waals surface area contributed by atoms with Gasteiger partial charge in [0.15, 0.2) is 0 Å². The predicted octanol–water partition coefficient (Wildman–Crippen LogP) is 1.09. The smallest absolute Gasteiger partial charge is 0.328 e. The second-order valence-corrected chi connectivity index (χ2v) is 6.92. The Kier molecular flexibility index (Phi) is 7.91. The first kappa shape index (κ1) is 21.0. The van der Waals surface area contributed by atoms with Crippen molar-refractivity contribution < 1.29 is 31.5 Å². The largest absolute Gasteiger partial charge is 0.467 e. The van der Waals surface area contributed by atoms with Gasteiger partial charge in [-0.3, -0.25) is 4.79 Å². The molecule has 7 nitrogen and oxygen atoms in total. The normalized spacial score (nSPS) is 12.5. The molecule has 0 aliphatic rings. The van der Waals surface area contributed by atoms with Gasteiger partial charge in [0.25, 0.3) is 0 Å². The summed E-state index contributed by atoms with van der Waals surface area (Å²) in [6.07, 6.45) is 1.79. The van der Waals surface area contributed by atoms with Crippen molar-refractivity contribution in [3.63, 3.8) is 0 Å².